The molecule has 3 heterocycles. The second-order valence-electron chi connectivity index (χ2n) is 5.41. The van der Waals surface area contributed by atoms with Gasteiger partial charge < -0.3 is 14.8 Å². The first-order chi connectivity index (χ1) is 12.6. The van der Waals surface area contributed by atoms with E-state index in [4.69, 9.17) is 9.47 Å². The van der Waals surface area contributed by atoms with Crippen LogP contribution in [0.2, 0.25) is 0 Å². The molecule has 0 aliphatic carbocycles. The van der Waals surface area contributed by atoms with E-state index in [1.165, 1.54) is 23.1 Å². The molecule has 4 rings (SSSR count). The molecular formula is C15H14N6O3S2. The van der Waals surface area contributed by atoms with E-state index in [-0.39, 0.29) is 18.5 Å². The molecule has 0 saturated heterocycles. The van der Waals surface area contributed by atoms with Crippen molar-refractivity contribution >= 4 is 34.1 Å². The number of anilines is 1. The number of tetrazole rings is 1. The maximum atomic E-state index is 12.1. The summed E-state index contributed by atoms with van der Waals surface area (Å²) in [5.41, 5.74) is 1.65. The summed E-state index contributed by atoms with van der Waals surface area (Å²) in [7, 11) is 0. The number of fused-ring (bicyclic) bond motifs is 1. The number of nitrogens with zero attached hydrogens (tertiary/aromatic N) is 5. The van der Waals surface area contributed by atoms with Crippen molar-refractivity contribution < 1.29 is 14.3 Å². The molecule has 0 saturated carbocycles. The molecule has 1 N–H and O–H groups in total. The second kappa shape index (κ2) is 6.92. The Morgan fingerprint density at radius 2 is 2.19 bits per heavy atom. The summed E-state index contributed by atoms with van der Waals surface area (Å²) < 4.78 is 12.2. The number of thioether (sulfide) groups is 1. The van der Waals surface area contributed by atoms with E-state index >= 15 is 0 Å². The molecule has 26 heavy (non-hydrogen) atoms. The second-order valence-corrected chi connectivity index (χ2v) is 7.55. The van der Waals surface area contributed by atoms with Gasteiger partial charge in [-0.3, -0.25) is 4.79 Å². The van der Waals surface area contributed by atoms with Crippen LogP contribution >= 0.6 is 23.1 Å². The Morgan fingerprint density at radius 1 is 1.35 bits per heavy atom. The molecule has 9 nitrogen and oxygen atoms in total. The quantitative estimate of drug-likeness (QED) is 0.661. The lowest BCUT2D eigenvalue weighted by Crippen LogP contribution is -2.14. The average Bonchev–Trinajstić information content (AvgIpc) is 3.33. The predicted octanol–water partition coefficient (Wildman–Crippen LogP) is 2.20. The van der Waals surface area contributed by atoms with Gasteiger partial charge in [0.05, 0.1) is 17.1 Å². The highest BCUT2D eigenvalue weighted by Crippen LogP contribution is 2.34. The van der Waals surface area contributed by atoms with Crippen LogP contribution in [-0.4, -0.2) is 43.6 Å². The zero-order valence-corrected chi connectivity index (χ0v) is 15.6. The van der Waals surface area contributed by atoms with Crippen LogP contribution < -0.4 is 14.8 Å². The highest BCUT2D eigenvalue weighted by atomic mass is 32.2. The number of rotatable bonds is 5. The first-order valence-electron chi connectivity index (χ1n) is 7.65. The van der Waals surface area contributed by atoms with E-state index in [1.54, 1.807) is 16.8 Å². The molecule has 1 aliphatic heterocycles. The number of aromatic nitrogens is 5. The maximum Gasteiger partial charge on any atom is 0.236 e. The minimum absolute atomic E-state index is 0.163. The van der Waals surface area contributed by atoms with Crippen molar-refractivity contribution in [3.05, 3.63) is 28.8 Å². The van der Waals surface area contributed by atoms with Gasteiger partial charge in [0.15, 0.2) is 16.6 Å². The third-order valence-electron chi connectivity index (χ3n) is 3.65. The number of carbonyl (C=O) groups is 1. The Hall–Kier alpha value is -2.66. The Bertz CT molecular complexity index is 951. The Morgan fingerprint density at radius 3 is 3.00 bits per heavy atom. The van der Waals surface area contributed by atoms with Crippen LogP contribution in [0.4, 0.5) is 5.13 Å². The highest BCUT2D eigenvalue weighted by Gasteiger charge is 2.17. The number of benzene rings is 1. The number of aryl methyl sites for hydroxylation is 2. The van der Waals surface area contributed by atoms with Crippen molar-refractivity contribution in [2.75, 3.05) is 17.9 Å². The standard InChI is InChI=1S/C15H14N6O3S2/c1-8-9(2)26-14(16-8)17-13(22)6-25-15-18-19-20-21(15)10-3-4-11-12(5-10)24-7-23-11/h3-5H,6-7H2,1-2H3,(H,16,17,22). The topological polar surface area (TPSA) is 104 Å². The van der Waals surface area contributed by atoms with Gasteiger partial charge in [0.25, 0.3) is 0 Å². The number of hydrogen-bond acceptors (Lipinski definition) is 9. The SMILES string of the molecule is Cc1nc(NC(=O)CSc2nnnn2-c2ccc3c(c2)OCO3)sc1C. The highest BCUT2D eigenvalue weighted by molar-refractivity contribution is 7.99. The summed E-state index contributed by atoms with van der Waals surface area (Å²) in [6.45, 7) is 4.08. The molecule has 0 radical (unpaired) electrons. The lowest BCUT2D eigenvalue weighted by molar-refractivity contribution is -0.113. The number of thiazole rings is 1. The van der Waals surface area contributed by atoms with Gasteiger partial charge in [0.2, 0.25) is 17.9 Å². The van der Waals surface area contributed by atoms with Gasteiger partial charge in [0.1, 0.15) is 0 Å². The van der Waals surface area contributed by atoms with Crippen LogP contribution in [0.25, 0.3) is 5.69 Å². The van der Waals surface area contributed by atoms with E-state index in [9.17, 15) is 4.79 Å². The van der Waals surface area contributed by atoms with Crippen molar-refractivity contribution in [3.8, 4) is 17.2 Å². The number of hydrogen-bond donors (Lipinski definition) is 1. The fraction of sp³-hybridized carbons (Fsp3) is 0.267. The van der Waals surface area contributed by atoms with Crippen LogP contribution in [-0.2, 0) is 4.79 Å². The van der Waals surface area contributed by atoms with Crippen LogP contribution in [0.3, 0.4) is 0 Å². The lowest BCUT2D eigenvalue weighted by atomic mass is 10.3. The first kappa shape index (κ1) is 16.8. The normalized spacial score (nSPS) is 12.4. The van der Waals surface area contributed by atoms with Gasteiger partial charge in [0, 0.05) is 10.9 Å². The van der Waals surface area contributed by atoms with Crippen molar-refractivity contribution in [1.82, 2.24) is 25.2 Å². The Balaban J connectivity index is 1.43. The zero-order valence-electron chi connectivity index (χ0n) is 13.9. The molecule has 0 atom stereocenters. The van der Waals surface area contributed by atoms with Crippen molar-refractivity contribution in [1.29, 1.82) is 0 Å². The molecule has 1 aromatic carbocycles. The molecule has 0 spiro atoms. The van der Waals surface area contributed by atoms with Gasteiger partial charge in [-0.1, -0.05) is 11.8 Å². The summed E-state index contributed by atoms with van der Waals surface area (Å²) in [5.74, 6) is 1.33. The molecular weight excluding hydrogens is 376 g/mol. The van der Waals surface area contributed by atoms with Crippen LogP contribution in [0.1, 0.15) is 10.6 Å². The Labute approximate surface area is 156 Å². The summed E-state index contributed by atoms with van der Waals surface area (Å²) in [4.78, 5) is 17.5. The minimum Gasteiger partial charge on any atom is -0.454 e. The summed E-state index contributed by atoms with van der Waals surface area (Å²) in [6, 6.07) is 5.42. The molecule has 134 valence electrons. The number of carbonyl (C=O) groups excluding carboxylic acids is 1. The van der Waals surface area contributed by atoms with Gasteiger partial charge in [-0.05, 0) is 36.4 Å². The number of ether oxygens (including phenoxy) is 2. The van der Waals surface area contributed by atoms with E-state index in [2.05, 4.69) is 25.8 Å². The smallest absolute Gasteiger partial charge is 0.236 e. The molecule has 0 fully saturated rings. The predicted molar refractivity (Wildman–Crippen MR) is 96.2 cm³/mol. The third-order valence-corrected chi connectivity index (χ3v) is 5.56. The molecule has 2 aromatic heterocycles. The van der Waals surface area contributed by atoms with Crippen LogP contribution in [0.15, 0.2) is 23.4 Å². The van der Waals surface area contributed by atoms with Gasteiger partial charge >= 0.3 is 0 Å². The molecule has 0 unspecified atom stereocenters. The van der Waals surface area contributed by atoms with Crippen LogP contribution in [0, 0.1) is 13.8 Å². The van der Waals surface area contributed by atoms with E-state index in [0.717, 1.165) is 16.3 Å². The molecule has 1 aliphatic rings. The molecule has 11 heteroatoms. The first-order valence-corrected chi connectivity index (χ1v) is 9.45. The van der Waals surface area contributed by atoms with Crippen molar-refractivity contribution in [2.45, 2.75) is 19.0 Å². The van der Waals surface area contributed by atoms with E-state index in [0.29, 0.717) is 21.8 Å². The average molecular weight is 390 g/mol. The monoisotopic (exact) mass is 390 g/mol. The molecule has 3 aromatic rings. The van der Waals surface area contributed by atoms with Gasteiger partial charge in [-0.2, -0.15) is 4.68 Å². The molecule has 0 bridgehead atoms. The fourth-order valence-electron chi connectivity index (χ4n) is 2.26. The van der Waals surface area contributed by atoms with E-state index < -0.39 is 0 Å². The maximum absolute atomic E-state index is 12.1. The summed E-state index contributed by atoms with van der Waals surface area (Å²) in [5, 5.41) is 15.6. The lowest BCUT2D eigenvalue weighted by Gasteiger charge is -2.05. The summed E-state index contributed by atoms with van der Waals surface area (Å²) >= 11 is 2.69. The van der Waals surface area contributed by atoms with Crippen LogP contribution in [0.5, 0.6) is 11.5 Å². The van der Waals surface area contributed by atoms with Gasteiger partial charge in [-0.25, -0.2) is 4.98 Å². The summed E-state index contributed by atoms with van der Waals surface area (Å²) in [6.07, 6.45) is 0. The minimum atomic E-state index is -0.163. The molecule has 1 amide bonds. The van der Waals surface area contributed by atoms with Crippen molar-refractivity contribution in [3.63, 3.8) is 0 Å². The third kappa shape index (κ3) is 3.35. The van der Waals surface area contributed by atoms with Gasteiger partial charge in [-0.15, -0.1) is 16.4 Å². The fourth-order valence-corrected chi connectivity index (χ4v) is 3.78. The Kier molecular flexibility index (Phi) is 4.47. The van der Waals surface area contributed by atoms with Crippen molar-refractivity contribution in [2.24, 2.45) is 0 Å². The number of amides is 1. The number of nitrogens with one attached hydrogen (secondary N) is 1. The van der Waals surface area contributed by atoms with E-state index in [1.807, 2.05) is 19.9 Å². The largest absolute Gasteiger partial charge is 0.454 e. The zero-order chi connectivity index (χ0) is 18.1.